The van der Waals surface area contributed by atoms with Crippen molar-refractivity contribution in [3.63, 3.8) is 0 Å². The van der Waals surface area contributed by atoms with Crippen LogP contribution in [0.2, 0.25) is 0 Å². The Hall–Kier alpha value is -3.62. The lowest BCUT2D eigenvalue weighted by molar-refractivity contribution is -0.123. The Kier molecular flexibility index (Phi) is 4.79. The quantitative estimate of drug-likeness (QED) is 0.786. The van der Waals surface area contributed by atoms with E-state index < -0.39 is 35.6 Å². The van der Waals surface area contributed by atoms with Crippen LogP contribution in [0, 0.1) is 5.82 Å². The average Bonchev–Trinajstić information content (AvgIpc) is 3.23. The van der Waals surface area contributed by atoms with Crippen molar-refractivity contribution in [2.24, 2.45) is 10.3 Å². The van der Waals surface area contributed by atoms with Crippen LogP contribution < -0.4 is 10.2 Å². The Morgan fingerprint density at radius 3 is 2.52 bits per heavy atom. The van der Waals surface area contributed by atoms with Gasteiger partial charge in [0.15, 0.2) is 12.1 Å². The van der Waals surface area contributed by atoms with E-state index in [0.717, 1.165) is 16.9 Å². The van der Waals surface area contributed by atoms with Gasteiger partial charge in [-0.15, -0.1) is 0 Å². The van der Waals surface area contributed by atoms with Crippen molar-refractivity contribution in [3.8, 4) is 0 Å². The number of para-hydroxylation sites is 1. The molecule has 29 heavy (non-hydrogen) atoms. The smallest absolute Gasteiger partial charge is 0.263 e. The molecule has 3 amide bonds. The van der Waals surface area contributed by atoms with Gasteiger partial charge < -0.3 is 5.32 Å². The second kappa shape index (κ2) is 7.42. The highest BCUT2D eigenvalue weighted by molar-refractivity contribution is 6.25. The fourth-order valence-corrected chi connectivity index (χ4v) is 3.39. The fraction of sp³-hybridized carbons (Fsp3) is 0.250. The van der Waals surface area contributed by atoms with E-state index in [9.17, 15) is 18.8 Å². The van der Waals surface area contributed by atoms with Crippen LogP contribution in [0.5, 0.6) is 0 Å². The molecule has 2 aliphatic heterocycles. The van der Waals surface area contributed by atoms with Gasteiger partial charge in [-0.1, -0.05) is 36.4 Å². The van der Waals surface area contributed by atoms with Crippen LogP contribution >= 0.6 is 0 Å². The van der Waals surface area contributed by atoms with Gasteiger partial charge in [0.1, 0.15) is 12.4 Å². The number of benzene rings is 2. The molecule has 1 N–H and O–H groups in total. The third-order valence-electron chi connectivity index (χ3n) is 4.91. The second-order valence-corrected chi connectivity index (χ2v) is 6.75. The number of rotatable bonds is 5. The summed E-state index contributed by atoms with van der Waals surface area (Å²) < 4.78 is 13.7. The predicted octanol–water partition coefficient (Wildman–Crippen LogP) is 2.32. The largest absolute Gasteiger partial charge is 0.322 e. The number of carbonyl (C=O) groups excluding carboxylic acids is 3. The average molecular weight is 395 g/mol. The number of hydrogen-bond donors (Lipinski definition) is 1. The molecule has 2 atom stereocenters. The Bertz CT molecular complexity index is 1010. The number of amides is 3. The molecule has 4 rings (SSSR count). The highest BCUT2D eigenvalue weighted by atomic mass is 19.1. The molecule has 8 nitrogen and oxygen atoms in total. The normalized spacial score (nSPS) is 20.3. The number of fused-ring (bicyclic) bond motifs is 1. The topological polar surface area (TPSA) is 94.4 Å². The van der Waals surface area contributed by atoms with E-state index in [2.05, 4.69) is 15.7 Å². The van der Waals surface area contributed by atoms with E-state index in [0.29, 0.717) is 5.69 Å². The van der Waals surface area contributed by atoms with Crippen molar-refractivity contribution in [2.75, 3.05) is 16.8 Å². The van der Waals surface area contributed by atoms with Crippen LogP contribution in [0.15, 0.2) is 58.9 Å². The Labute approximate surface area is 166 Å². The number of nitrogens with zero attached hydrogens (tertiary/aromatic N) is 4. The molecule has 2 aliphatic rings. The lowest BCUT2D eigenvalue weighted by Gasteiger charge is -2.20. The summed E-state index contributed by atoms with van der Waals surface area (Å²) in [5, 5.41) is 11.3. The summed E-state index contributed by atoms with van der Waals surface area (Å²) in [4.78, 5) is 39.0. The summed E-state index contributed by atoms with van der Waals surface area (Å²) >= 11 is 0. The summed E-state index contributed by atoms with van der Waals surface area (Å²) in [6.07, 6.45) is 0.840. The summed E-state index contributed by atoms with van der Waals surface area (Å²) in [7, 11) is 0. The van der Waals surface area contributed by atoms with E-state index in [4.69, 9.17) is 0 Å². The standard InChI is InChI=1S/C20H18FN5O3/c1-2-12-7-9-13(10-8-12)26-19(28)17-18(20(26)29)25(24-23-17)11-16(27)22-15-6-4-3-5-14(15)21/h3-10,17-18H,2,11H2,1H3,(H,22,27). The van der Waals surface area contributed by atoms with Gasteiger partial charge >= 0.3 is 0 Å². The second-order valence-electron chi connectivity index (χ2n) is 6.75. The van der Waals surface area contributed by atoms with Gasteiger partial charge in [0.2, 0.25) is 5.91 Å². The Morgan fingerprint density at radius 2 is 1.83 bits per heavy atom. The number of carbonyl (C=O) groups is 3. The first-order valence-corrected chi connectivity index (χ1v) is 9.18. The zero-order valence-electron chi connectivity index (χ0n) is 15.6. The maximum Gasteiger partial charge on any atom is 0.263 e. The molecule has 0 bridgehead atoms. The minimum absolute atomic E-state index is 0.0247. The minimum atomic E-state index is -0.991. The summed E-state index contributed by atoms with van der Waals surface area (Å²) in [5.41, 5.74) is 1.56. The highest BCUT2D eigenvalue weighted by Gasteiger charge is 2.55. The number of imide groups is 1. The molecule has 2 heterocycles. The molecule has 2 unspecified atom stereocenters. The first-order chi connectivity index (χ1) is 14.0. The number of hydrogen-bond acceptors (Lipinski definition) is 6. The van der Waals surface area contributed by atoms with E-state index in [-0.39, 0.29) is 12.2 Å². The molecule has 0 aliphatic carbocycles. The van der Waals surface area contributed by atoms with Gasteiger partial charge in [0, 0.05) is 0 Å². The number of anilines is 2. The van der Waals surface area contributed by atoms with Crippen LogP contribution in [0.1, 0.15) is 12.5 Å². The van der Waals surface area contributed by atoms with Crippen LogP contribution in [-0.4, -0.2) is 41.4 Å². The lowest BCUT2D eigenvalue weighted by atomic mass is 10.1. The monoisotopic (exact) mass is 395 g/mol. The first kappa shape index (κ1) is 18.7. The molecule has 9 heteroatoms. The van der Waals surface area contributed by atoms with Crippen molar-refractivity contribution in [1.29, 1.82) is 0 Å². The van der Waals surface area contributed by atoms with Gasteiger partial charge in [-0.2, -0.15) is 5.11 Å². The number of aryl methyl sites for hydroxylation is 1. The molecule has 0 spiro atoms. The van der Waals surface area contributed by atoms with Crippen LogP contribution in [-0.2, 0) is 20.8 Å². The first-order valence-electron chi connectivity index (χ1n) is 9.18. The Balaban J connectivity index is 1.49. The summed E-state index contributed by atoms with van der Waals surface area (Å²) in [6.45, 7) is 1.68. The SMILES string of the molecule is CCc1ccc(N2C(=O)C3N=NN(CC(=O)Nc4ccccc4F)C3C2=O)cc1. The third-order valence-corrected chi connectivity index (χ3v) is 4.91. The Morgan fingerprint density at radius 1 is 1.10 bits per heavy atom. The molecule has 1 fully saturated rings. The van der Waals surface area contributed by atoms with Crippen molar-refractivity contribution >= 4 is 29.1 Å². The number of nitrogens with one attached hydrogen (secondary N) is 1. The molecular formula is C20H18FN5O3. The molecule has 0 radical (unpaired) electrons. The van der Waals surface area contributed by atoms with Crippen molar-refractivity contribution in [2.45, 2.75) is 25.4 Å². The van der Waals surface area contributed by atoms with E-state index in [1.807, 2.05) is 19.1 Å². The molecule has 2 aromatic carbocycles. The summed E-state index contributed by atoms with van der Waals surface area (Å²) in [5.74, 6) is -2.12. The van der Waals surface area contributed by atoms with Crippen LogP contribution in [0.25, 0.3) is 0 Å². The molecule has 0 saturated carbocycles. The van der Waals surface area contributed by atoms with Crippen molar-refractivity contribution in [3.05, 3.63) is 59.9 Å². The van der Waals surface area contributed by atoms with Gasteiger partial charge in [-0.05, 0) is 36.2 Å². The van der Waals surface area contributed by atoms with Crippen molar-refractivity contribution in [1.82, 2.24) is 5.01 Å². The van der Waals surface area contributed by atoms with Crippen LogP contribution in [0.3, 0.4) is 0 Å². The van der Waals surface area contributed by atoms with Gasteiger partial charge in [-0.25, -0.2) is 9.29 Å². The maximum absolute atomic E-state index is 13.7. The zero-order chi connectivity index (χ0) is 20.5. The van der Waals surface area contributed by atoms with E-state index >= 15 is 0 Å². The highest BCUT2D eigenvalue weighted by Crippen LogP contribution is 2.32. The third kappa shape index (κ3) is 3.35. The summed E-state index contributed by atoms with van der Waals surface area (Å²) in [6, 6.07) is 10.9. The number of halogens is 1. The zero-order valence-corrected chi connectivity index (χ0v) is 15.6. The molecule has 1 saturated heterocycles. The molecule has 148 valence electrons. The van der Waals surface area contributed by atoms with Gasteiger partial charge in [0.25, 0.3) is 11.8 Å². The van der Waals surface area contributed by atoms with E-state index in [1.54, 1.807) is 18.2 Å². The fourth-order valence-electron chi connectivity index (χ4n) is 3.39. The lowest BCUT2D eigenvalue weighted by Crippen LogP contribution is -2.43. The van der Waals surface area contributed by atoms with Gasteiger partial charge in [-0.3, -0.25) is 19.4 Å². The maximum atomic E-state index is 13.7. The minimum Gasteiger partial charge on any atom is -0.322 e. The van der Waals surface area contributed by atoms with Crippen LogP contribution in [0.4, 0.5) is 15.8 Å². The molecular weight excluding hydrogens is 377 g/mol. The van der Waals surface area contributed by atoms with Crippen molar-refractivity contribution < 1.29 is 18.8 Å². The van der Waals surface area contributed by atoms with Gasteiger partial charge in [0.05, 0.1) is 11.4 Å². The predicted molar refractivity (Wildman–Crippen MR) is 102 cm³/mol. The molecule has 2 aromatic rings. The van der Waals surface area contributed by atoms with E-state index in [1.165, 1.54) is 23.2 Å². The molecule has 0 aromatic heterocycles.